The van der Waals surface area contributed by atoms with Gasteiger partial charge in [-0.3, -0.25) is 15.0 Å². The summed E-state index contributed by atoms with van der Waals surface area (Å²) in [5.74, 6) is 0.154. The zero-order valence-corrected chi connectivity index (χ0v) is 19.9. The minimum absolute atomic E-state index is 0.0633. The van der Waals surface area contributed by atoms with Crippen LogP contribution in [0.25, 0.3) is 0 Å². The van der Waals surface area contributed by atoms with Crippen LogP contribution in [-0.4, -0.2) is 54.8 Å². The Morgan fingerprint density at radius 3 is 2.42 bits per heavy atom. The quantitative estimate of drug-likeness (QED) is 0.285. The Balaban J connectivity index is 1.92. The molecule has 0 spiro atoms. The molecule has 0 saturated carbocycles. The molecule has 7 nitrogen and oxygen atoms in total. The number of benzene rings is 2. The van der Waals surface area contributed by atoms with Gasteiger partial charge in [0.1, 0.15) is 0 Å². The van der Waals surface area contributed by atoms with E-state index in [9.17, 15) is 18.5 Å². The van der Waals surface area contributed by atoms with E-state index < -0.39 is 20.6 Å². The van der Waals surface area contributed by atoms with Gasteiger partial charge in [0, 0.05) is 48.7 Å². The van der Waals surface area contributed by atoms with Gasteiger partial charge >= 0.3 is 0 Å². The summed E-state index contributed by atoms with van der Waals surface area (Å²) in [5.41, 5.74) is 0.735. The first-order valence-corrected chi connectivity index (χ1v) is 12.3. The second kappa shape index (κ2) is 9.60. The van der Waals surface area contributed by atoms with Crippen LogP contribution in [0.15, 0.2) is 70.6 Å². The molecule has 3 rings (SSSR count). The molecule has 2 aromatic carbocycles. The van der Waals surface area contributed by atoms with Gasteiger partial charge in [0.25, 0.3) is 5.69 Å². The molecule has 3 atom stereocenters. The number of para-hydroxylation sites is 1. The van der Waals surface area contributed by atoms with E-state index >= 15 is 0 Å². The zero-order chi connectivity index (χ0) is 22.8. The number of likely N-dealkylation sites (N-methyl/N-ethyl adjacent to an activating group) is 1. The van der Waals surface area contributed by atoms with Crippen molar-refractivity contribution in [1.82, 2.24) is 9.21 Å². The van der Waals surface area contributed by atoms with Gasteiger partial charge < -0.3 is 0 Å². The van der Waals surface area contributed by atoms with Gasteiger partial charge in [0.15, 0.2) is 4.90 Å². The summed E-state index contributed by atoms with van der Waals surface area (Å²) < 4.78 is 28.6. The molecule has 0 N–H and O–H groups in total. The molecular formula is C22H26BrN3O4S. The number of nitrogens with zero attached hydrogens (tertiary/aromatic N) is 3. The summed E-state index contributed by atoms with van der Waals surface area (Å²) in [6.07, 6.45) is 2.75. The number of nitro benzene ring substituents is 1. The first-order valence-electron chi connectivity index (χ1n) is 10.0. The zero-order valence-electron chi connectivity index (χ0n) is 17.5. The van der Waals surface area contributed by atoms with Gasteiger partial charge in [0.05, 0.1) is 4.92 Å². The second-order valence-electron chi connectivity index (χ2n) is 7.62. The molecule has 9 heteroatoms. The predicted molar refractivity (Wildman–Crippen MR) is 125 cm³/mol. The highest BCUT2D eigenvalue weighted by atomic mass is 79.9. The van der Waals surface area contributed by atoms with Crippen molar-refractivity contribution >= 4 is 31.6 Å². The fourth-order valence-corrected chi connectivity index (χ4v) is 6.03. The van der Waals surface area contributed by atoms with Crippen molar-refractivity contribution in [3.05, 3.63) is 81.3 Å². The first-order chi connectivity index (χ1) is 14.7. The van der Waals surface area contributed by atoms with Gasteiger partial charge in [-0.15, -0.1) is 6.58 Å². The highest BCUT2D eigenvalue weighted by Crippen LogP contribution is 2.43. The minimum atomic E-state index is -4.03. The average Bonchev–Trinajstić information content (AvgIpc) is 2.75. The van der Waals surface area contributed by atoms with Crippen LogP contribution in [0, 0.1) is 10.1 Å². The maximum atomic E-state index is 13.2. The van der Waals surface area contributed by atoms with Crippen LogP contribution in [0.5, 0.6) is 0 Å². The molecule has 0 aromatic heterocycles. The van der Waals surface area contributed by atoms with Crippen LogP contribution in [0.2, 0.25) is 0 Å². The molecule has 1 fully saturated rings. The number of likely N-dealkylation sites (tertiary alicyclic amines) is 1. The van der Waals surface area contributed by atoms with Crippen LogP contribution < -0.4 is 0 Å². The Hall–Kier alpha value is -2.07. The van der Waals surface area contributed by atoms with E-state index in [1.165, 1.54) is 35.6 Å². The van der Waals surface area contributed by atoms with Crippen molar-refractivity contribution in [2.45, 2.75) is 36.2 Å². The molecular weight excluding hydrogens is 482 g/mol. The Morgan fingerprint density at radius 1 is 1.19 bits per heavy atom. The number of nitro groups is 1. The lowest BCUT2D eigenvalue weighted by Gasteiger charge is -2.56. The molecule has 1 heterocycles. The standard InChI is InChI=1S/C22H26BrN3O4S/c1-4-14-25-18(5-2)22(16-10-12-17(23)13-11-16)20(25)15-24(3)31(29,30)21-9-7-6-8-19(21)26(27)28/h4,6-13,18,20,22H,1,5,14-15H2,2-3H3/t18?,20-,22-/m0/s1. The van der Waals surface area contributed by atoms with E-state index in [4.69, 9.17) is 0 Å². The predicted octanol–water partition coefficient (Wildman–Crippen LogP) is 4.41. The average molecular weight is 508 g/mol. The highest BCUT2D eigenvalue weighted by Gasteiger charge is 2.48. The van der Waals surface area contributed by atoms with Crippen LogP contribution in [-0.2, 0) is 10.0 Å². The van der Waals surface area contributed by atoms with Gasteiger partial charge in [-0.05, 0) is 30.2 Å². The van der Waals surface area contributed by atoms with Gasteiger partial charge in [-0.25, -0.2) is 8.42 Å². The van der Waals surface area contributed by atoms with E-state index in [0.29, 0.717) is 6.54 Å². The lowest BCUT2D eigenvalue weighted by molar-refractivity contribution is -0.387. The number of hydrogen-bond acceptors (Lipinski definition) is 5. The third kappa shape index (κ3) is 4.59. The van der Waals surface area contributed by atoms with E-state index in [1.807, 2.05) is 18.2 Å². The van der Waals surface area contributed by atoms with Crippen LogP contribution >= 0.6 is 15.9 Å². The third-order valence-corrected chi connectivity index (χ3v) is 8.29. The molecule has 1 saturated heterocycles. The first kappa shape index (κ1) is 23.6. The number of sulfonamides is 1. The summed E-state index contributed by atoms with van der Waals surface area (Å²) in [4.78, 5) is 12.7. The molecule has 31 heavy (non-hydrogen) atoms. The normalized spacial score (nSPS) is 21.6. The lowest BCUT2D eigenvalue weighted by atomic mass is 9.73. The molecule has 1 aliphatic rings. The highest BCUT2D eigenvalue weighted by molar-refractivity contribution is 9.10. The summed E-state index contributed by atoms with van der Waals surface area (Å²) in [5, 5.41) is 11.4. The van der Waals surface area contributed by atoms with Crippen molar-refractivity contribution < 1.29 is 13.3 Å². The molecule has 0 amide bonds. The maximum Gasteiger partial charge on any atom is 0.289 e. The molecule has 2 aromatic rings. The summed E-state index contributed by atoms with van der Waals surface area (Å²) in [6.45, 7) is 6.84. The van der Waals surface area contributed by atoms with E-state index in [2.05, 4.69) is 46.5 Å². The Labute approximate surface area is 191 Å². The molecule has 1 unspecified atom stereocenters. The summed E-state index contributed by atoms with van der Waals surface area (Å²) in [6, 6.07) is 13.8. The summed E-state index contributed by atoms with van der Waals surface area (Å²) in [7, 11) is -2.55. The molecule has 0 aliphatic carbocycles. The fourth-order valence-electron chi connectivity index (χ4n) is 4.43. The van der Waals surface area contributed by atoms with Crippen molar-refractivity contribution in [2.24, 2.45) is 0 Å². The van der Waals surface area contributed by atoms with Crippen molar-refractivity contribution in [3.63, 3.8) is 0 Å². The van der Waals surface area contributed by atoms with Crippen molar-refractivity contribution in [3.8, 4) is 0 Å². The SMILES string of the molecule is C=CCN1C(CC)[C@H](c2ccc(Br)cc2)[C@@H]1CN(C)S(=O)(=O)c1ccccc1[N+](=O)[O-]. The molecule has 0 radical (unpaired) electrons. The van der Waals surface area contributed by atoms with Crippen molar-refractivity contribution in [2.75, 3.05) is 20.1 Å². The lowest BCUT2D eigenvalue weighted by Crippen LogP contribution is -2.65. The Bertz CT molecular complexity index is 1060. The van der Waals surface area contributed by atoms with E-state index in [-0.39, 0.29) is 29.4 Å². The van der Waals surface area contributed by atoms with Gasteiger partial charge in [-0.2, -0.15) is 4.31 Å². The molecule has 0 bridgehead atoms. The molecule has 1 aliphatic heterocycles. The third-order valence-electron chi connectivity index (χ3n) is 5.89. The topological polar surface area (TPSA) is 83.8 Å². The van der Waals surface area contributed by atoms with E-state index in [1.54, 1.807) is 0 Å². The van der Waals surface area contributed by atoms with Crippen LogP contribution in [0.4, 0.5) is 5.69 Å². The van der Waals surface area contributed by atoms with Gasteiger partial charge in [0.2, 0.25) is 10.0 Å². The minimum Gasteiger partial charge on any atom is -0.291 e. The number of rotatable bonds is 9. The molecule has 166 valence electrons. The smallest absolute Gasteiger partial charge is 0.289 e. The summed E-state index contributed by atoms with van der Waals surface area (Å²) >= 11 is 3.46. The second-order valence-corrected chi connectivity index (χ2v) is 10.5. The number of hydrogen-bond donors (Lipinski definition) is 0. The Morgan fingerprint density at radius 2 is 1.84 bits per heavy atom. The van der Waals surface area contributed by atoms with Crippen LogP contribution in [0.3, 0.4) is 0 Å². The van der Waals surface area contributed by atoms with Crippen LogP contribution in [0.1, 0.15) is 24.8 Å². The van der Waals surface area contributed by atoms with Crippen molar-refractivity contribution in [1.29, 1.82) is 0 Å². The van der Waals surface area contributed by atoms with Gasteiger partial charge in [-0.1, -0.05) is 53.2 Å². The fraction of sp³-hybridized carbons (Fsp3) is 0.364. The maximum absolute atomic E-state index is 13.2. The number of halogens is 1. The Kier molecular flexibility index (Phi) is 7.31. The van der Waals surface area contributed by atoms with E-state index in [0.717, 1.165) is 16.5 Å². The monoisotopic (exact) mass is 507 g/mol. The largest absolute Gasteiger partial charge is 0.291 e.